The summed E-state index contributed by atoms with van der Waals surface area (Å²) in [5.74, 6) is -0.340. The van der Waals surface area contributed by atoms with E-state index in [4.69, 9.17) is 0 Å². The molecule has 0 unspecified atom stereocenters. The molecule has 1 fully saturated rings. The molecule has 3 nitrogen and oxygen atoms in total. The molecule has 1 N–H and O–H groups in total. The molecule has 0 bridgehead atoms. The Kier molecular flexibility index (Phi) is 5.39. The van der Waals surface area contributed by atoms with E-state index in [2.05, 4.69) is 17.1 Å². The van der Waals surface area contributed by atoms with Gasteiger partial charge in [0.25, 0.3) is 0 Å². The standard InChI is InChI=1S/C16H23FN2O/c1-2-3-7-16(20)18-14-12-13(17)8-9-15(14)19-10-5-4-6-11-19/h8-9,12H,2-7,10-11H2,1H3,(H,18,20). The first kappa shape index (κ1) is 14.8. The first-order valence-electron chi connectivity index (χ1n) is 7.55. The number of benzene rings is 1. The Morgan fingerprint density at radius 3 is 2.75 bits per heavy atom. The van der Waals surface area contributed by atoms with Gasteiger partial charge in [-0.1, -0.05) is 13.3 Å². The summed E-state index contributed by atoms with van der Waals surface area (Å²) in [6.07, 6.45) is 5.89. The van der Waals surface area contributed by atoms with Crippen LogP contribution in [0.4, 0.5) is 15.8 Å². The van der Waals surface area contributed by atoms with Crippen molar-refractivity contribution in [2.45, 2.75) is 45.4 Å². The molecule has 1 aliphatic rings. The highest BCUT2D eigenvalue weighted by molar-refractivity contribution is 5.94. The smallest absolute Gasteiger partial charge is 0.224 e. The highest BCUT2D eigenvalue weighted by Gasteiger charge is 2.16. The molecule has 0 aliphatic carbocycles. The topological polar surface area (TPSA) is 32.3 Å². The van der Waals surface area contributed by atoms with Crippen LogP contribution in [-0.4, -0.2) is 19.0 Å². The van der Waals surface area contributed by atoms with Crippen molar-refractivity contribution in [3.05, 3.63) is 24.0 Å². The number of hydrogen-bond donors (Lipinski definition) is 1. The van der Waals surface area contributed by atoms with E-state index in [-0.39, 0.29) is 11.7 Å². The molecule has 0 saturated carbocycles. The molecule has 1 saturated heterocycles. The van der Waals surface area contributed by atoms with Crippen LogP contribution in [-0.2, 0) is 4.79 Å². The number of unbranched alkanes of at least 4 members (excludes halogenated alkanes) is 1. The van der Waals surface area contributed by atoms with E-state index in [9.17, 15) is 9.18 Å². The Bertz CT molecular complexity index is 456. The van der Waals surface area contributed by atoms with E-state index >= 15 is 0 Å². The molecular formula is C16H23FN2O. The quantitative estimate of drug-likeness (QED) is 0.884. The van der Waals surface area contributed by atoms with Crippen LogP contribution >= 0.6 is 0 Å². The number of nitrogens with zero attached hydrogens (tertiary/aromatic N) is 1. The number of rotatable bonds is 5. The number of carbonyl (C=O) groups is 1. The summed E-state index contributed by atoms with van der Waals surface area (Å²) < 4.78 is 13.4. The van der Waals surface area contributed by atoms with Gasteiger partial charge in [0.1, 0.15) is 5.82 Å². The molecule has 0 aromatic heterocycles. The molecule has 0 radical (unpaired) electrons. The maximum absolute atomic E-state index is 13.4. The predicted octanol–water partition coefficient (Wildman–Crippen LogP) is 3.94. The molecule has 1 aromatic rings. The fraction of sp³-hybridized carbons (Fsp3) is 0.562. The zero-order valence-corrected chi connectivity index (χ0v) is 12.1. The number of anilines is 2. The Hall–Kier alpha value is -1.58. The second kappa shape index (κ2) is 7.27. The van der Waals surface area contributed by atoms with Crippen molar-refractivity contribution in [1.29, 1.82) is 0 Å². The predicted molar refractivity (Wildman–Crippen MR) is 80.6 cm³/mol. The van der Waals surface area contributed by atoms with Gasteiger partial charge < -0.3 is 10.2 Å². The lowest BCUT2D eigenvalue weighted by Gasteiger charge is -2.30. The van der Waals surface area contributed by atoms with Gasteiger partial charge in [0.2, 0.25) is 5.91 Å². The van der Waals surface area contributed by atoms with Crippen molar-refractivity contribution >= 4 is 17.3 Å². The summed E-state index contributed by atoms with van der Waals surface area (Å²) in [5, 5.41) is 2.86. The van der Waals surface area contributed by atoms with Gasteiger partial charge in [-0.15, -0.1) is 0 Å². The molecule has 2 rings (SSSR count). The Labute approximate surface area is 120 Å². The fourth-order valence-corrected chi connectivity index (χ4v) is 2.57. The van der Waals surface area contributed by atoms with Crippen LogP contribution in [0.25, 0.3) is 0 Å². The molecule has 110 valence electrons. The van der Waals surface area contributed by atoms with E-state index in [0.29, 0.717) is 12.1 Å². The number of halogens is 1. The second-order valence-corrected chi connectivity index (χ2v) is 5.36. The molecule has 1 heterocycles. The van der Waals surface area contributed by atoms with Gasteiger partial charge in [-0.3, -0.25) is 4.79 Å². The van der Waals surface area contributed by atoms with Crippen molar-refractivity contribution in [3.8, 4) is 0 Å². The summed E-state index contributed by atoms with van der Waals surface area (Å²) in [6, 6.07) is 4.66. The Morgan fingerprint density at radius 1 is 1.30 bits per heavy atom. The third-order valence-corrected chi connectivity index (χ3v) is 3.69. The number of piperidine rings is 1. The molecule has 1 aromatic carbocycles. The minimum atomic E-state index is -0.309. The lowest BCUT2D eigenvalue weighted by Crippen LogP contribution is -2.30. The van der Waals surface area contributed by atoms with Gasteiger partial charge in [0.05, 0.1) is 11.4 Å². The molecule has 20 heavy (non-hydrogen) atoms. The van der Waals surface area contributed by atoms with Crippen LogP contribution in [0.2, 0.25) is 0 Å². The van der Waals surface area contributed by atoms with Gasteiger partial charge in [0, 0.05) is 19.5 Å². The maximum atomic E-state index is 13.4. The number of amides is 1. The molecule has 4 heteroatoms. The lowest BCUT2D eigenvalue weighted by atomic mass is 10.1. The largest absolute Gasteiger partial charge is 0.370 e. The van der Waals surface area contributed by atoms with Gasteiger partial charge >= 0.3 is 0 Å². The van der Waals surface area contributed by atoms with E-state index in [0.717, 1.165) is 44.5 Å². The zero-order chi connectivity index (χ0) is 14.4. The Balaban J connectivity index is 2.12. The molecule has 1 amide bonds. The average molecular weight is 278 g/mol. The molecule has 0 spiro atoms. The first-order chi connectivity index (χ1) is 9.70. The van der Waals surface area contributed by atoms with Crippen molar-refractivity contribution in [3.63, 3.8) is 0 Å². The first-order valence-corrected chi connectivity index (χ1v) is 7.55. The van der Waals surface area contributed by atoms with Crippen molar-refractivity contribution in [2.75, 3.05) is 23.3 Å². The fourth-order valence-electron chi connectivity index (χ4n) is 2.57. The van der Waals surface area contributed by atoms with E-state index in [1.54, 1.807) is 6.07 Å². The summed E-state index contributed by atoms with van der Waals surface area (Å²) in [6.45, 7) is 4.00. The van der Waals surface area contributed by atoms with Crippen LogP contribution in [0.15, 0.2) is 18.2 Å². The third kappa shape index (κ3) is 3.95. The van der Waals surface area contributed by atoms with E-state index in [1.807, 2.05) is 0 Å². The SMILES string of the molecule is CCCCC(=O)Nc1cc(F)ccc1N1CCCCC1. The summed E-state index contributed by atoms with van der Waals surface area (Å²) >= 11 is 0. The number of nitrogens with one attached hydrogen (secondary N) is 1. The summed E-state index contributed by atoms with van der Waals surface area (Å²) in [4.78, 5) is 14.1. The van der Waals surface area contributed by atoms with Crippen LogP contribution in [0, 0.1) is 5.82 Å². The summed E-state index contributed by atoms with van der Waals surface area (Å²) in [7, 11) is 0. The van der Waals surface area contributed by atoms with E-state index < -0.39 is 0 Å². The minimum Gasteiger partial charge on any atom is -0.370 e. The maximum Gasteiger partial charge on any atom is 0.224 e. The van der Waals surface area contributed by atoms with Gasteiger partial charge in [-0.2, -0.15) is 0 Å². The van der Waals surface area contributed by atoms with Gasteiger partial charge in [-0.05, 0) is 43.9 Å². The van der Waals surface area contributed by atoms with Crippen molar-refractivity contribution < 1.29 is 9.18 Å². The molecular weight excluding hydrogens is 255 g/mol. The normalized spacial score (nSPS) is 15.2. The third-order valence-electron chi connectivity index (χ3n) is 3.69. The van der Waals surface area contributed by atoms with Crippen LogP contribution in [0.1, 0.15) is 45.4 Å². The minimum absolute atomic E-state index is 0.0318. The monoisotopic (exact) mass is 278 g/mol. The molecule has 0 atom stereocenters. The summed E-state index contributed by atoms with van der Waals surface area (Å²) in [5.41, 5.74) is 1.55. The van der Waals surface area contributed by atoms with Crippen molar-refractivity contribution in [1.82, 2.24) is 0 Å². The van der Waals surface area contributed by atoms with Crippen LogP contribution in [0.3, 0.4) is 0 Å². The second-order valence-electron chi connectivity index (χ2n) is 5.36. The zero-order valence-electron chi connectivity index (χ0n) is 12.1. The van der Waals surface area contributed by atoms with Crippen LogP contribution in [0.5, 0.6) is 0 Å². The highest BCUT2D eigenvalue weighted by atomic mass is 19.1. The van der Waals surface area contributed by atoms with E-state index in [1.165, 1.54) is 18.6 Å². The Morgan fingerprint density at radius 2 is 2.05 bits per heavy atom. The molecule has 1 aliphatic heterocycles. The van der Waals surface area contributed by atoms with Crippen molar-refractivity contribution in [2.24, 2.45) is 0 Å². The highest BCUT2D eigenvalue weighted by Crippen LogP contribution is 2.29. The average Bonchev–Trinajstić information content (AvgIpc) is 2.46. The number of hydrogen-bond acceptors (Lipinski definition) is 2. The number of carbonyl (C=O) groups excluding carboxylic acids is 1. The van der Waals surface area contributed by atoms with Gasteiger partial charge in [-0.25, -0.2) is 4.39 Å². The van der Waals surface area contributed by atoms with Crippen LogP contribution < -0.4 is 10.2 Å². The lowest BCUT2D eigenvalue weighted by molar-refractivity contribution is -0.116. The van der Waals surface area contributed by atoms with Gasteiger partial charge in [0.15, 0.2) is 0 Å².